The molecule has 0 fully saturated rings. The molecule has 0 saturated carbocycles. The van der Waals surface area contributed by atoms with E-state index in [4.69, 9.17) is 47.0 Å². The molecular formula is C17H13Cl3N4S. The summed E-state index contributed by atoms with van der Waals surface area (Å²) >= 11 is 23.1. The fraction of sp³-hybridized carbons (Fsp3) is 0.0588. The highest BCUT2D eigenvalue weighted by Crippen LogP contribution is 2.22. The Labute approximate surface area is 165 Å². The monoisotopic (exact) mass is 410 g/mol. The third-order valence-corrected chi connectivity index (χ3v) is 4.16. The molecule has 4 nitrogen and oxygen atoms in total. The van der Waals surface area contributed by atoms with Crippen LogP contribution in [0.15, 0.2) is 54.9 Å². The van der Waals surface area contributed by atoms with Crippen molar-refractivity contribution in [2.75, 3.05) is 10.6 Å². The van der Waals surface area contributed by atoms with Gasteiger partial charge in [0, 0.05) is 27.0 Å². The van der Waals surface area contributed by atoms with Gasteiger partial charge in [0.25, 0.3) is 0 Å². The first-order chi connectivity index (χ1) is 12.0. The molecule has 0 amide bonds. The zero-order valence-electron chi connectivity index (χ0n) is 12.8. The molecule has 0 unspecified atom stereocenters. The zero-order chi connectivity index (χ0) is 17.8. The number of nitrogens with zero attached hydrogens (tertiary/aromatic N) is 2. The second kappa shape index (κ2) is 8.06. The van der Waals surface area contributed by atoms with E-state index in [9.17, 15) is 0 Å². The van der Waals surface area contributed by atoms with Crippen molar-refractivity contribution in [2.24, 2.45) is 0 Å². The van der Waals surface area contributed by atoms with Crippen molar-refractivity contribution in [1.29, 1.82) is 0 Å². The maximum Gasteiger partial charge on any atom is 0.175 e. The number of hydrogen-bond donors (Lipinski definition) is 2. The molecule has 0 aliphatic heterocycles. The van der Waals surface area contributed by atoms with Gasteiger partial charge < -0.3 is 10.6 Å². The van der Waals surface area contributed by atoms with Gasteiger partial charge in [-0.25, -0.2) is 0 Å². The van der Waals surface area contributed by atoms with E-state index in [0.717, 1.165) is 11.3 Å². The van der Waals surface area contributed by atoms with Gasteiger partial charge in [0.05, 0.1) is 18.4 Å². The Morgan fingerprint density at radius 3 is 2.24 bits per heavy atom. The maximum atomic E-state index is 5.97. The van der Waals surface area contributed by atoms with Gasteiger partial charge in [-0.2, -0.15) is 5.10 Å². The molecule has 128 valence electrons. The summed E-state index contributed by atoms with van der Waals surface area (Å²) in [6.45, 7) is 0.642. The zero-order valence-corrected chi connectivity index (χ0v) is 15.9. The molecule has 1 heterocycles. The lowest BCUT2D eigenvalue weighted by molar-refractivity contribution is 0.687. The van der Waals surface area contributed by atoms with Gasteiger partial charge in [0.1, 0.15) is 0 Å². The summed E-state index contributed by atoms with van der Waals surface area (Å²) in [7, 11) is 0. The molecule has 0 saturated heterocycles. The van der Waals surface area contributed by atoms with Gasteiger partial charge in [0.2, 0.25) is 0 Å². The van der Waals surface area contributed by atoms with Crippen molar-refractivity contribution in [3.8, 4) is 0 Å². The molecule has 3 aromatic rings. The van der Waals surface area contributed by atoms with Crippen molar-refractivity contribution in [1.82, 2.24) is 9.78 Å². The van der Waals surface area contributed by atoms with Crippen LogP contribution in [0.4, 0.5) is 11.4 Å². The Kier molecular flexibility index (Phi) is 5.81. The third-order valence-electron chi connectivity index (χ3n) is 3.27. The van der Waals surface area contributed by atoms with Gasteiger partial charge in [-0.1, -0.05) is 46.9 Å². The maximum absolute atomic E-state index is 5.97. The molecule has 0 radical (unpaired) electrons. The quantitative estimate of drug-likeness (QED) is 0.540. The first kappa shape index (κ1) is 18.0. The second-order valence-electron chi connectivity index (χ2n) is 5.29. The van der Waals surface area contributed by atoms with Crippen LogP contribution in [0.1, 0.15) is 5.56 Å². The summed E-state index contributed by atoms with van der Waals surface area (Å²) in [5.74, 6) is 0. The van der Waals surface area contributed by atoms with E-state index in [1.165, 1.54) is 0 Å². The van der Waals surface area contributed by atoms with Crippen LogP contribution in [0.2, 0.25) is 15.1 Å². The molecule has 0 aliphatic rings. The highest BCUT2D eigenvalue weighted by atomic mass is 35.5. The fourth-order valence-electron chi connectivity index (χ4n) is 2.21. The Balaban J connectivity index is 1.60. The molecule has 3 rings (SSSR count). The number of benzene rings is 2. The number of hydrogen-bond acceptors (Lipinski definition) is 2. The van der Waals surface area contributed by atoms with Gasteiger partial charge in [-0.3, -0.25) is 4.68 Å². The molecular weight excluding hydrogens is 399 g/mol. The smallest absolute Gasteiger partial charge is 0.175 e. The van der Waals surface area contributed by atoms with Crippen LogP contribution >= 0.6 is 47.0 Å². The van der Waals surface area contributed by atoms with E-state index >= 15 is 0 Å². The number of nitrogens with one attached hydrogen (secondary N) is 2. The molecule has 25 heavy (non-hydrogen) atoms. The SMILES string of the molecule is S=C(Nc1cc(Cl)cc(Cl)c1)Nc1cnn(Cc2ccc(Cl)cc2)c1. The Morgan fingerprint density at radius 2 is 1.56 bits per heavy atom. The number of thiocarbonyl (C=S) groups is 1. The summed E-state index contributed by atoms with van der Waals surface area (Å²) in [6.07, 6.45) is 3.57. The summed E-state index contributed by atoms with van der Waals surface area (Å²) in [6, 6.07) is 12.8. The van der Waals surface area contributed by atoms with Gasteiger partial charge in [-0.05, 0) is 48.1 Å². The van der Waals surface area contributed by atoms with E-state index in [1.807, 2.05) is 35.1 Å². The molecule has 0 atom stereocenters. The standard InChI is InChI=1S/C17H13Cl3N4S/c18-12-3-1-11(2-4-12)9-24-10-16(8-21-24)23-17(25)22-15-6-13(19)5-14(20)7-15/h1-8,10H,9H2,(H2,22,23,25). The van der Waals surface area contributed by atoms with Crippen molar-refractivity contribution < 1.29 is 0 Å². The number of anilines is 2. The average Bonchev–Trinajstić information content (AvgIpc) is 2.95. The number of halogens is 3. The highest BCUT2D eigenvalue weighted by molar-refractivity contribution is 7.80. The predicted octanol–water partition coefficient (Wildman–Crippen LogP) is 5.70. The van der Waals surface area contributed by atoms with Crippen LogP contribution in [-0.4, -0.2) is 14.9 Å². The highest BCUT2D eigenvalue weighted by Gasteiger charge is 2.04. The lowest BCUT2D eigenvalue weighted by Crippen LogP contribution is -2.18. The molecule has 0 bridgehead atoms. The minimum absolute atomic E-state index is 0.421. The van der Waals surface area contributed by atoms with Crippen molar-refractivity contribution in [3.63, 3.8) is 0 Å². The molecule has 2 aromatic carbocycles. The van der Waals surface area contributed by atoms with Gasteiger partial charge >= 0.3 is 0 Å². The first-order valence-corrected chi connectivity index (χ1v) is 8.83. The minimum atomic E-state index is 0.421. The lowest BCUT2D eigenvalue weighted by Gasteiger charge is -2.09. The first-order valence-electron chi connectivity index (χ1n) is 7.29. The van der Waals surface area contributed by atoms with Crippen LogP contribution in [-0.2, 0) is 6.54 Å². The number of aromatic nitrogens is 2. The van der Waals surface area contributed by atoms with Crippen LogP contribution in [0.25, 0.3) is 0 Å². The predicted molar refractivity (Wildman–Crippen MR) is 109 cm³/mol. The van der Waals surface area contributed by atoms with Crippen LogP contribution in [0, 0.1) is 0 Å². The minimum Gasteiger partial charge on any atom is -0.332 e. The summed E-state index contributed by atoms with van der Waals surface area (Å²) < 4.78 is 1.81. The summed E-state index contributed by atoms with van der Waals surface area (Å²) in [5.41, 5.74) is 2.59. The molecule has 0 aliphatic carbocycles. The lowest BCUT2D eigenvalue weighted by atomic mass is 10.2. The Hall–Kier alpha value is -1.79. The van der Waals surface area contributed by atoms with Gasteiger partial charge in [0.15, 0.2) is 5.11 Å². The summed E-state index contributed by atoms with van der Waals surface area (Å²) in [4.78, 5) is 0. The van der Waals surface area contributed by atoms with E-state index in [1.54, 1.807) is 24.4 Å². The third kappa shape index (κ3) is 5.34. The Bertz CT molecular complexity index is 873. The normalized spacial score (nSPS) is 10.5. The van der Waals surface area contributed by atoms with E-state index in [0.29, 0.717) is 32.4 Å². The fourth-order valence-corrected chi connectivity index (χ4v) is 3.10. The second-order valence-corrected chi connectivity index (χ2v) is 7.01. The van der Waals surface area contributed by atoms with E-state index in [2.05, 4.69) is 15.7 Å². The van der Waals surface area contributed by atoms with Crippen molar-refractivity contribution in [3.05, 3.63) is 75.5 Å². The van der Waals surface area contributed by atoms with Crippen molar-refractivity contribution >= 4 is 63.5 Å². The molecule has 2 N–H and O–H groups in total. The van der Waals surface area contributed by atoms with E-state index < -0.39 is 0 Å². The topological polar surface area (TPSA) is 41.9 Å². The molecule has 1 aromatic heterocycles. The molecule has 0 spiro atoms. The number of rotatable bonds is 4. The largest absolute Gasteiger partial charge is 0.332 e. The van der Waals surface area contributed by atoms with Crippen LogP contribution < -0.4 is 10.6 Å². The van der Waals surface area contributed by atoms with Crippen molar-refractivity contribution in [2.45, 2.75) is 6.54 Å². The van der Waals surface area contributed by atoms with Crippen LogP contribution in [0.5, 0.6) is 0 Å². The van der Waals surface area contributed by atoms with Crippen LogP contribution in [0.3, 0.4) is 0 Å². The van der Waals surface area contributed by atoms with E-state index in [-0.39, 0.29) is 0 Å². The average molecular weight is 412 g/mol. The molecule has 8 heteroatoms. The summed E-state index contributed by atoms with van der Waals surface area (Å²) in [5, 5.41) is 12.6. The Morgan fingerprint density at radius 1 is 0.920 bits per heavy atom. The van der Waals surface area contributed by atoms with Gasteiger partial charge in [-0.15, -0.1) is 0 Å².